The molecule has 0 aliphatic carbocycles. The number of ether oxygens (including phenoxy) is 3. The molecule has 1 aliphatic heterocycles. The Labute approximate surface area is 251 Å². The van der Waals surface area contributed by atoms with E-state index in [2.05, 4.69) is 31.0 Å². The van der Waals surface area contributed by atoms with Crippen LogP contribution in [0.25, 0.3) is 20.8 Å². The van der Waals surface area contributed by atoms with E-state index in [1.807, 2.05) is 31.4 Å². The summed E-state index contributed by atoms with van der Waals surface area (Å²) in [5.41, 5.74) is 9.91. The maximum Gasteiger partial charge on any atom is 0.236 e. The van der Waals surface area contributed by atoms with Gasteiger partial charge in [0, 0.05) is 22.4 Å². The molecule has 12 heteroatoms. The number of nitrogen functional groups attached to an aromatic ring is 1. The number of thioether (sulfide) groups is 1. The summed E-state index contributed by atoms with van der Waals surface area (Å²) in [6.45, 7) is 19.3. The largest absolute Gasteiger partial charge is 0.491 e. The van der Waals surface area contributed by atoms with Crippen molar-refractivity contribution in [3.8, 4) is 22.9 Å². The number of benzene rings is 2. The molecule has 4 aromatic rings. The van der Waals surface area contributed by atoms with Gasteiger partial charge >= 0.3 is 0 Å². The van der Waals surface area contributed by atoms with Gasteiger partial charge in [0.1, 0.15) is 35.4 Å². The van der Waals surface area contributed by atoms with Crippen molar-refractivity contribution in [2.45, 2.75) is 36.5 Å². The Morgan fingerprint density at radius 3 is 2.57 bits per heavy atom. The maximum atomic E-state index is 10.1. The molecule has 10 nitrogen and oxygen atoms in total. The first kappa shape index (κ1) is 28.9. The van der Waals surface area contributed by atoms with Crippen molar-refractivity contribution in [1.82, 2.24) is 9.97 Å². The molecule has 0 amide bonds. The fraction of sp³-hybridized carbons (Fsp3) is 0.233. The molecule has 2 aromatic carbocycles. The number of hydrogen-bond donors (Lipinski definition) is 2. The van der Waals surface area contributed by atoms with Gasteiger partial charge in [0.15, 0.2) is 16.6 Å². The highest BCUT2D eigenvalue weighted by Gasteiger charge is 2.33. The van der Waals surface area contributed by atoms with Crippen LogP contribution in [0.15, 0.2) is 58.9 Å². The molecule has 2 aromatic heterocycles. The normalized spacial score (nSPS) is 15.4. The van der Waals surface area contributed by atoms with Gasteiger partial charge in [-0.05, 0) is 43.7 Å². The van der Waals surface area contributed by atoms with E-state index >= 15 is 0 Å². The van der Waals surface area contributed by atoms with Crippen LogP contribution in [0.4, 0.5) is 28.0 Å². The van der Waals surface area contributed by atoms with E-state index in [4.69, 9.17) is 33.1 Å². The van der Waals surface area contributed by atoms with Gasteiger partial charge in [-0.2, -0.15) is 5.26 Å². The first-order chi connectivity index (χ1) is 20.3. The molecule has 0 unspecified atom stereocenters. The van der Waals surface area contributed by atoms with E-state index in [0.717, 1.165) is 11.4 Å². The zero-order valence-electron chi connectivity index (χ0n) is 22.7. The molecule has 210 valence electrons. The maximum absolute atomic E-state index is 10.1. The molecule has 0 radical (unpaired) electrons. The molecular weight excluding hydrogens is 571 g/mol. The van der Waals surface area contributed by atoms with E-state index in [0.29, 0.717) is 51.7 Å². The van der Waals surface area contributed by atoms with Crippen molar-refractivity contribution < 1.29 is 14.2 Å². The number of nitrogens with zero attached hydrogens (tertiary/aromatic N) is 5. The summed E-state index contributed by atoms with van der Waals surface area (Å²) in [5, 5.41) is 16.4. The number of thiazole rings is 1. The van der Waals surface area contributed by atoms with Crippen molar-refractivity contribution in [1.29, 1.82) is 5.26 Å². The van der Waals surface area contributed by atoms with Gasteiger partial charge in [-0.3, -0.25) is 0 Å². The number of rotatable bonds is 9. The number of nitrogens with two attached hydrogens (primary N) is 1. The first-order valence-corrected chi connectivity index (χ1v) is 14.6. The van der Waals surface area contributed by atoms with Gasteiger partial charge in [0.25, 0.3) is 0 Å². The summed E-state index contributed by atoms with van der Waals surface area (Å²) < 4.78 is 17.2. The fourth-order valence-corrected chi connectivity index (χ4v) is 5.97. The molecule has 0 saturated carbocycles. The predicted octanol–water partition coefficient (Wildman–Crippen LogP) is 7.33. The highest BCUT2D eigenvalue weighted by molar-refractivity contribution is 7.98. The van der Waals surface area contributed by atoms with Gasteiger partial charge in [-0.1, -0.05) is 36.0 Å². The Kier molecular flexibility index (Phi) is 8.58. The molecule has 0 bridgehead atoms. The quantitative estimate of drug-likeness (QED) is 0.151. The summed E-state index contributed by atoms with van der Waals surface area (Å²) in [7, 11) is 0. The van der Waals surface area contributed by atoms with Gasteiger partial charge < -0.3 is 25.3 Å². The molecule has 1 atom stereocenters. The molecule has 3 heterocycles. The number of nitrogens with one attached hydrogen (secondary N) is 1. The summed E-state index contributed by atoms with van der Waals surface area (Å²) in [4.78, 5) is 16.0. The summed E-state index contributed by atoms with van der Waals surface area (Å²) >= 11 is 2.78. The van der Waals surface area contributed by atoms with Gasteiger partial charge in [-0.25, -0.2) is 19.7 Å². The third-order valence-corrected chi connectivity index (χ3v) is 8.01. The van der Waals surface area contributed by atoms with Gasteiger partial charge in [0.2, 0.25) is 5.69 Å². The molecule has 0 spiro atoms. The van der Waals surface area contributed by atoms with E-state index in [9.17, 15) is 5.26 Å². The molecular formula is C30H25N7O3S2. The number of hydrogen-bond acceptors (Lipinski definition) is 10. The SMILES string of the molecule is [C-]#[N+]c1ccc(Nc2nc(CSc3nc(N)c([N+]#[C-])c(-c4ccc(OC[C@@H]5COC(C)(C)O5)cc4)c3C#N)cs2)cc1. The fourth-order valence-electron chi connectivity index (χ4n) is 4.24. The summed E-state index contributed by atoms with van der Waals surface area (Å²) in [6.07, 6.45) is -0.167. The zero-order valence-corrected chi connectivity index (χ0v) is 24.4. The standard InChI is InChI=1S/C30H25N7O3S2/c1-30(2)39-15-23(40-30)14-38-22-11-5-18(6-12-22)25-24(13-31)28(37-27(32)26(25)34-4)41-16-21-17-42-29(36-21)35-20-9-7-19(33-3)8-10-20/h5-12,17,23H,14-16H2,1-2H3,(H2,32,37)(H,35,36)/t23-/m1/s1. The predicted molar refractivity (Wildman–Crippen MR) is 163 cm³/mol. The van der Waals surface area contributed by atoms with Crippen LogP contribution in [0.5, 0.6) is 5.75 Å². The molecule has 5 rings (SSSR count). The van der Waals surface area contributed by atoms with E-state index < -0.39 is 5.79 Å². The number of nitriles is 1. The van der Waals surface area contributed by atoms with Crippen molar-refractivity contribution in [3.05, 3.63) is 88.0 Å². The third-order valence-electron chi connectivity index (χ3n) is 6.19. The van der Waals surface area contributed by atoms with Crippen LogP contribution in [0, 0.1) is 24.5 Å². The van der Waals surface area contributed by atoms with Crippen LogP contribution in [0.1, 0.15) is 25.1 Å². The van der Waals surface area contributed by atoms with E-state index in [1.54, 1.807) is 36.4 Å². The number of aromatic nitrogens is 2. The highest BCUT2D eigenvalue weighted by Crippen LogP contribution is 2.42. The lowest BCUT2D eigenvalue weighted by Gasteiger charge is -2.17. The molecule has 3 N–H and O–H groups in total. The smallest absolute Gasteiger partial charge is 0.236 e. The Morgan fingerprint density at radius 1 is 1.17 bits per heavy atom. The van der Waals surface area contributed by atoms with Gasteiger partial charge in [-0.15, -0.1) is 11.3 Å². The van der Waals surface area contributed by atoms with Crippen molar-refractivity contribution >= 4 is 51.1 Å². The van der Waals surface area contributed by atoms with E-state index in [1.165, 1.54) is 23.1 Å². The van der Waals surface area contributed by atoms with Crippen LogP contribution < -0.4 is 15.8 Å². The molecule has 1 fully saturated rings. The van der Waals surface area contributed by atoms with Crippen LogP contribution in [0.3, 0.4) is 0 Å². The third kappa shape index (κ3) is 6.63. The highest BCUT2D eigenvalue weighted by atomic mass is 32.2. The van der Waals surface area contributed by atoms with E-state index in [-0.39, 0.29) is 23.2 Å². The van der Waals surface area contributed by atoms with Crippen molar-refractivity contribution in [3.63, 3.8) is 0 Å². The van der Waals surface area contributed by atoms with Crippen molar-refractivity contribution in [2.24, 2.45) is 0 Å². The minimum Gasteiger partial charge on any atom is -0.491 e. The minimum absolute atomic E-state index is 0.0614. The number of anilines is 3. The van der Waals surface area contributed by atoms with Crippen LogP contribution in [-0.2, 0) is 15.2 Å². The van der Waals surface area contributed by atoms with Crippen LogP contribution >= 0.6 is 23.1 Å². The lowest BCUT2D eigenvalue weighted by atomic mass is 10.00. The molecule has 42 heavy (non-hydrogen) atoms. The summed E-state index contributed by atoms with van der Waals surface area (Å²) in [6, 6.07) is 16.5. The Balaban J connectivity index is 1.31. The average Bonchev–Trinajstić information content (AvgIpc) is 3.60. The molecule has 1 saturated heterocycles. The summed E-state index contributed by atoms with van der Waals surface area (Å²) in [5.74, 6) is 0.515. The Morgan fingerprint density at radius 2 is 1.93 bits per heavy atom. The average molecular weight is 596 g/mol. The van der Waals surface area contributed by atoms with Crippen LogP contribution in [0.2, 0.25) is 0 Å². The van der Waals surface area contributed by atoms with Gasteiger partial charge in [0.05, 0.1) is 31.0 Å². The van der Waals surface area contributed by atoms with Crippen LogP contribution in [-0.4, -0.2) is 35.1 Å². The number of pyridine rings is 1. The zero-order chi connectivity index (χ0) is 29.7. The minimum atomic E-state index is -0.621. The lowest BCUT2D eigenvalue weighted by molar-refractivity contribution is -0.141. The van der Waals surface area contributed by atoms with Crippen molar-refractivity contribution in [2.75, 3.05) is 24.3 Å². The topological polar surface area (TPSA) is 124 Å². The second kappa shape index (κ2) is 12.5. The second-order valence-corrected chi connectivity index (χ2v) is 11.4. The Hall–Kier alpha value is -4.64. The monoisotopic (exact) mass is 595 g/mol. The first-order valence-electron chi connectivity index (χ1n) is 12.8. The molecule has 1 aliphatic rings. The second-order valence-electron chi connectivity index (χ2n) is 9.63. The lowest BCUT2D eigenvalue weighted by Crippen LogP contribution is -2.25. The Bertz CT molecular complexity index is 1720.